The summed E-state index contributed by atoms with van der Waals surface area (Å²) in [6.07, 6.45) is -0.488. The van der Waals surface area contributed by atoms with E-state index in [2.05, 4.69) is 16.0 Å². The molecule has 1 fully saturated rings. The monoisotopic (exact) mass is 347 g/mol. The number of amides is 2. The zero-order chi connectivity index (χ0) is 16.2. The van der Waals surface area contributed by atoms with Crippen molar-refractivity contribution in [2.45, 2.75) is 31.9 Å². The molecule has 3 N–H and O–H groups in total. The van der Waals surface area contributed by atoms with Crippen LogP contribution in [0.1, 0.15) is 29.3 Å². The van der Waals surface area contributed by atoms with Crippen molar-refractivity contribution >= 4 is 24.2 Å². The summed E-state index contributed by atoms with van der Waals surface area (Å²) < 4.78 is 26.1. The van der Waals surface area contributed by atoms with Gasteiger partial charge in [0.1, 0.15) is 0 Å². The molecular weight excluding hydrogens is 328 g/mol. The predicted molar refractivity (Wildman–Crippen MR) is 84.9 cm³/mol. The molecule has 1 saturated heterocycles. The van der Waals surface area contributed by atoms with Crippen LogP contribution >= 0.6 is 12.4 Å². The highest BCUT2D eigenvalue weighted by atomic mass is 35.5. The minimum Gasteiger partial charge on any atom is -0.352 e. The first-order chi connectivity index (χ1) is 10.4. The second kappa shape index (κ2) is 8.21. The molecule has 0 aliphatic carbocycles. The number of halogens is 3. The first kappa shape index (κ1) is 19.3. The molecule has 1 heterocycles. The van der Waals surface area contributed by atoms with Crippen molar-refractivity contribution in [3.8, 4) is 0 Å². The molecule has 0 saturated carbocycles. The van der Waals surface area contributed by atoms with Crippen molar-refractivity contribution in [1.29, 1.82) is 0 Å². The fraction of sp³-hybridized carbons (Fsp3) is 0.467. The number of rotatable bonds is 5. The zero-order valence-electron chi connectivity index (χ0n) is 12.7. The van der Waals surface area contributed by atoms with Gasteiger partial charge < -0.3 is 10.6 Å². The number of benzene rings is 1. The number of nitrogens with one attached hydrogen (secondary N) is 3. The average Bonchev–Trinajstić information content (AvgIpc) is 2.85. The lowest BCUT2D eigenvalue weighted by molar-refractivity contribution is -0.123. The van der Waals surface area contributed by atoms with Crippen LogP contribution in [0.3, 0.4) is 0 Å². The molecule has 1 unspecified atom stereocenters. The molecule has 0 spiro atoms. The summed E-state index contributed by atoms with van der Waals surface area (Å²) in [6.45, 7) is 2.07. The Morgan fingerprint density at radius 3 is 2.70 bits per heavy atom. The van der Waals surface area contributed by atoms with E-state index in [4.69, 9.17) is 0 Å². The molecule has 1 aliphatic heterocycles. The van der Waals surface area contributed by atoms with Gasteiger partial charge in [-0.2, -0.15) is 0 Å². The van der Waals surface area contributed by atoms with Gasteiger partial charge >= 0.3 is 0 Å². The van der Waals surface area contributed by atoms with Crippen LogP contribution in [-0.4, -0.2) is 36.9 Å². The summed E-state index contributed by atoms with van der Waals surface area (Å²) in [4.78, 5) is 23.6. The average molecular weight is 348 g/mol. The highest BCUT2D eigenvalue weighted by molar-refractivity contribution is 5.94. The van der Waals surface area contributed by atoms with Gasteiger partial charge in [-0.05, 0) is 24.6 Å². The lowest BCUT2D eigenvalue weighted by atomic mass is 10.1. The Labute approximate surface area is 139 Å². The smallest absolute Gasteiger partial charge is 0.262 e. The number of alkyl halides is 2. The molecule has 1 aromatic rings. The summed E-state index contributed by atoms with van der Waals surface area (Å²) in [7, 11) is 0. The van der Waals surface area contributed by atoms with Crippen LogP contribution in [0, 0.1) is 0 Å². The van der Waals surface area contributed by atoms with Crippen LogP contribution in [0.15, 0.2) is 24.3 Å². The van der Waals surface area contributed by atoms with Crippen molar-refractivity contribution in [3.63, 3.8) is 0 Å². The quantitative estimate of drug-likeness (QED) is 0.755. The fourth-order valence-corrected chi connectivity index (χ4v) is 2.30. The Kier molecular flexibility index (Phi) is 6.90. The SMILES string of the molecule is CCNC(=O)c1cccc(CNC(=O)C2CC(F)(F)CN2)c1.Cl. The fourth-order valence-electron chi connectivity index (χ4n) is 2.30. The van der Waals surface area contributed by atoms with Crippen molar-refractivity contribution < 1.29 is 18.4 Å². The van der Waals surface area contributed by atoms with Crippen molar-refractivity contribution in [2.24, 2.45) is 0 Å². The van der Waals surface area contributed by atoms with Gasteiger partial charge in [-0.3, -0.25) is 14.9 Å². The van der Waals surface area contributed by atoms with Gasteiger partial charge in [0.2, 0.25) is 5.91 Å². The number of carbonyl (C=O) groups is 2. The van der Waals surface area contributed by atoms with Crippen LogP contribution in [-0.2, 0) is 11.3 Å². The normalized spacial score (nSPS) is 18.8. The van der Waals surface area contributed by atoms with E-state index < -0.39 is 30.8 Å². The lowest BCUT2D eigenvalue weighted by Crippen LogP contribution is -2.40. The third-order valence-corrected chi connectivity index (χ3v) is 3.42. The van der Waals surface area contributed by atoms with Crippen molar-refractivity contribution in [2.75, 3.05) is 13.1 Å². The molecule has 128 valence electrons. The van der Waals surface area contributed by atoms with Crippen LogP contribution < -0.4 is 16.0 Å². The van der Waals surface area contributed by atoms with Crippen LogP contribution in [0.2, 0.25) is 0 Å². The van der Waals surface area contributed by atoms with E-state index in [0.717, 1.165) is 5.56 Å². The first-order valence-electron chi connectivity index (χ1n) is 7.17. The summed E-state index contributed by atoms with van der Waals surface area (Å²) >= 11 is 0. The summed E-state index contributed by atoms with van der Waals surface area (Å²) in [5.74, 6) is -3.48. The van der Waals surface area contributed by atoms with Gasteiger partial charge in [0.25, 0.3) is 11.8 Å². The topological polar surface area (TPSA) is 70.2 Å². The third-order valence-electron chi connectivity index (χ3n) is 3.42. The van der Waals surface area contributed by atoms with E-state index in [1.165, 1.54) is 0 Å². The second-order valence-corrected chi connectivity index (χ2v) is 5.27. The summed E-state index contributed by atoms with van der Waals surface area (Å²) in [5, 5.41) is 7.80. The van der Waals surface area contributed by atoms with Gasteiger partial charge in [-0.1, -0.05) is 12.1 Å². The van der Waals surface area contributed by atoms with Crippen molar-refractivity contribution in [3.05, 3.63) is 35.4 Å². The molecule has 0 aromatic heterocycles. The maximum atomic E-state index is 13.0. The maximum Gasteiger partial charge on any atom is 0.262 e. The maximum absolute atomic E-state index is 13.0. The van der Waals surface area contributed by atoms with E-state index in [-0.39, 0.29) is 24.9 Å². The minimum absolute atomic E-state index is 0. The standard InChI is InChI=1S/C15H19F2N3O2.ClH/c1-2-18-13(21)11-5-3-4-10(6-11)8-19-14(22)12-7-15(16,17)9-20-12;/h3-6,12,20H,2,7-9H2,1H3,(H,18,21)(H,19,22);1H. The second-order valence-electron chi connectivity index (χ2n) is 5.27. The Bertz CT molecular complexity index is 569. The van der Waals surface area contributed by atoms with Gasteiger partial charge in [-0.25, -0.2) is 8.78 Å². The summed E-state index contributed by atoms with van der Waals surface area (Å²) in [5.41, 5.74) is 1.24. The Hall–Kier alpha value is -1.73. The van der Waals surface area contributed by atoms with Crippen LogP contribution in [0.5, 0.6) is 0 Å². The number of hydrogen-bond donors (Lipinski definition) is 3. The minimum atomic E-state index is -2.83. The molecule has 1 atom stereocenters. The molecule has 2 rings (SSSR count). The Balaban J connectivity index is 0.00000264. The van der Waals surface area contributed by atoms with E-state index in [0.29, 0.717) is 12.1 Å². The van der Waals surface area contributed by atoms with Crippen molar-refractivity contribution in [1.82, 2.24) is 16.0 Å². The summed E-state index contributed by atoms with van der Waals surface area (Å²) in [6, 6.07) is 5.95. The molecular formula is C15H20ClF2N3O2. The molecule has 8 heteroatoms. The Morgan fingerprint density at radius 2 is 2.09 bits per heavy atom. The van der Waals surface area contributed by atoms with Gasteiger partial charge in [0, 0.05) is 25.1 Å². The van der Waals surface area contributed by atoms with E-state index >= 15 is 0 Å². The Morgan fingerprint density at radius 1 is 1.35 bits per heavy atom. The molecule has 5 nitrogen and oxygen atoms in total. The van der Waals surface area contributed by atoms with Gasteiger partial charge in [-0.15, -0.1) is 12.4 Å². The molecule has 0 radical (unpaired) electrons. The molecule has 2 amide bonds. The predicted octanol–water partition coefficient (Wildman–Crippen LogP) is 1.47. The van der Waals surface area contributed by atoms with Gasteiger partial charge in [0.15, 0.2) is 0 Å². The lowest BCUT2D eigenvalue weighted by Gasteiger charge is -2.12. The van der Waals surface area contributed by atoms with Crippen LogP contribution in [0.25, 0.3) is 0 Å². The first-order valence-corrected chi connectivity index (χ1v) is 7.17. The van der Waals surface area contributed by atoms with Crippen LogP contribution in [0.4, 0.5) is 8.78 Å². The third kappa shape index (κ3) is 5.44. The highest BCUT2D eigenvalue weighted by Crippen LogP contribution is 2.25. The molecule has 0 bridgehead atoms. The number of hydrogen-bond acceptors (Lipinski definition) is 3. The molecule has 1 aromatic carbocycles. The number of carbonyl (C=O) groups excluding carboxylic acids is 2. The van der Waals surface area contributed by atoms with E-state index in [9.17, 15) is 18.4 Å². The zero-order valence-corrected chi connectivity index (χ0v) is 13.5. The van der Waals surface area contributed by atoms with E-state index in [1.807, 2.05) is 6.92 Å². The van der Waals surface area contributed by atoms with Gasteiger partial charge in [0.05, 0.1) is 12.6 Å². The highest BCUT2D eigenvalue weighted by Gasteiger charge is 2.42. The largest absolute Gasteiger partial charge is 0.352 e. The molecule has 23 heavy (non-hydrogen) atoms. The molecule has 1 aliphatic rings. The van der Waals surface area contributed by atoms with E-state index in [1.54, 1.807) is 24.3 Å².